The van der Waals surface area contributed by atoms with Crippen molar-refractivity contribution in [2.75, 3.05) is 20.0 Å². The second-order valence-electron chi connectivity index (χ2n) is 5.76. The lowest BCUT2D eigenvalue weighted by atomic mass is 10.2. The molecular weight excluding hydrogens is 362 g/mol. The molecule has 3 aromatic rings. The maximum Gasteiger partial charge on any atom is 0.192 e. The van der Waals surface area contributed by atoms with Gasteiger partial charge in [0.15, 0.2) is 23.1 Å². The second-order valence-corrected chi connectivity index (χ2v) is 6.70. The van der Waals surface area contributed by atoms with E-state index >= 15 is 0 Å². The molecule has 0 spiro atoms. The van der Waals surface area contributed by atoms with Gasteiger partial charge in [-0.15, -0.1) is 10.2 Å². The molecule has 0 aliphatic rings. The van der Waals surface area contributed by atoms with Crippen LogP contribution in [0.3, 0.4) is 0 Å². The van der Waals surface area contributed by atoms with E-state index in [1.54, 1.807) is 14.2 Å². The molecule has 140 valence electrons. The van der Waals surface area contributed by atoms with Gasteiger partial charge >= 0.3 is 0 Å². The fourth-order valence-electron chi connectivity index (χ4n) is 2.59. The highest BCUT2D eigenvalue weighted by molar-refractivity contribution is 7.99. The monoisotopic (exact) mass is 383 g/mol. The van der Waals surface area contributed by atoms with E-state index in [4.69, 9.17) is 9.47 Å². The van der Waals surface area contributed by atoms with Crippen LogP contribution in [-0.4, -0.2) is 46.8 Å². The highest BCUT2D eigenvalue weighted by Crippen LogP contribution is 2.25. The molecule has 27 heavy (non-hydrogen) atoms. The lowest BCUT2D eigenvalue weighted by Gasteiger charge is -2.17. The number of nitrogens with zero attached hydrogens (tertiary/aromatic N) is 3. The van der Waals surface area contributed by atoms with Crippen molar-refractivity contribution < 1.29 is 14.3 Å². The number of methoxy groups -OCH3 is 2. The van der Waals surface area contributed by atoms with Crippen LogP contribution in [0.4, 0.5) is 0 Å². The number of hydrogen-bond donors (Lipinski definition) is 0. The summed E-state index contributed by atoms with van der Waals surface area (Å²) in [5, 5.41) is 9.27. The minimum atomic E-state index is -0.437. The Bertz CT molecular complexity index is 865. The number of benzene rings is 2. The van der Waals surface area contributed by atoms with Gasteiger partial charge in [-0.05, 0) is 0 Å². The number of Topliss-reactive ketones (excluding diaryl/α,β-unsaturated/α-hetero) is 1. The number of rotatable bonds is 9. The van der Waals surface area contributed by atoms with Crippen LogP contribution in [0.25, 0.3) is 11.4 Å². The Morgan fingerprint density at radius 2 is 1.63 bits per heavy atom. The molecule has 0 unspecified atom stereocenters. The van der Waals surface area contributed by atoms with E-state index < -0.39 is 6.29 Å². The number of hydrogen-bond acceptors (Lipinski definition) is 6. The number of carbonyl (C=O) groups is 1. The first-order valence-electron chi connectivity index (χ1n) is 8.48. The number of aromatic nitrogens is 3. The fraction of sp³-hybridized carbons (Fsp3) is 0.250. The SMILES string of the molecule is COC(Cn1c(SCC(=O)c2ccccc2)nnc1-c1ccccc1)OC. The fourth-order valence-corrected chi connectivity index (χ4v) is 3.43. The molecule has 6 nitrogen and oxygen atoms in total. The zero-order valence-corrected chi connectivity index (χ0v) is 16.1. The molecule has 2 aromatic carbocycles. The van der Waals surface area contributed by atoms with E-state index in [1.807, 2.05) is 65.2 Å². The number of carbonyl (C=O) groups excluding carboxylic acids is 1. The van der Waals surface area contributed by atoms with Crippen LogP contribution in [0.2, 0.25) is 0 Å². The van der Waals surface area contributed by atoms with Crippen molar-refractivity contribution in [3.05, 3.63) is 66.2 Å². The lowest BCUT2D eigenvalue weighted by molar-refractivity contribution is -0.111. The van der Waals surface area contributed by atoms with E-state index in [-0.39, 0.29) is 11.5 Å². The maximum absolute atomic E-state index is 12.4. The summed E-state index contributed by atoms with van der Waals surface area (Å²) in [6, 6.07) is 19.0. The zero-order valence-electron chi connectivity index (χ0n) is 15.2. The van der Waals surface area contributed by atoms with Gasteiger partial charge in [-0.25, -0.2) is 0 Å². The predicted molar refractivity (Wildman–Crippen MR) is 105 cm³/mol. The molecule has 0 atom stereocenters. The summed E-state index contributed by atoms with van der Waals surface area (Å²) in [5.41, 5.74) is 1.63. The molecule has 0 aliphatic carbocycles. The molecule has 0 bridgehead atoms. The van der Waals surface area contributed by atoms with Crippen molar-refractivity contribution in [1.29, 1.82) is 0 Å². The van der Waals surface area contributed by atoms with Gasteiger partial charge in [-0.2, -0.15) is 0 Å². The Kier molecular flexibility index (Phi) is 6.75. The first kappa shape index (κ1) is 19.3. The molecule has 0 fully saturated rings. The Labute approximate surface area is 162 Å². The van der Waals surface area contributed by atoms with Gasteiger partial charge in [-0.3, -0.25) is 9.36 Å². The highest BCUT2D eigenvalue weighted by atomic mass is 32.2. The standard InChI is InChI=1S/C20H21N3O3S/c1-25-18(26-2)13-23-19(16-11-7-4-8-12-16)21-22-20(23)27-14-17(24)15-9-5-3-6-10-15/h3-12,18H,13-14H2,1-2H3. The van der Waals surface area contributed by atoms with Crippen LogP contribution in [-0.2, 0) is 16.0 Å². The van der Waals surface area contributed by atoms with Crippen LogP contribution < -0.4 is 0 Å². The van der Waals surface area contributed by atoms with Gasteiger partial charge in [0.1, 0.15) is 0 Å². The van der Waals surface area contributed by atoms with Crippen LogP contribution in [0.1, 0.15) is 10.4 Å². The Morgan fingerprint density at radius 1 is 1.00 bits per heavy atom. The Morgan fingerprint density at radius 3 is 2.26 bits per heavy atom. The van der Waals surface area contributed by atoms with Crippen LogP contribution in [0.5, 0.6) is 0 Å². The van der Waals surface area contributed by atoms with Crippen molar-refractivity contribution in [2.24, 2.45) is 0 Å². The quantitative estimate of drug-likeness (QED) is 0.320. The van der Waals surface area contributed by atoms with Crippen LogP contribution in [0, 0.1) is 0 Å². The molecule has 0 saturated heterocycles. The minimum Gasteiger partial charge on any atom is -0.354 e. The first-order chi connectivity index (χ1) is 13.2. The Balaban J connectivity index is 1.83. The summed E-state index contributed by atoms with van der Waals surface area (Å²) in [7, 11) is 3.18. The topological polar surface area (TPSA) is 66.2 Å². The third-order valence-corrected chi connectivity index (χ3v) is 5.00. The van der Waals surface area contributed by atoms with E-state index in [2.05, 4.69) is 10.2 Å². The van der Waals surface area contributed by atoms with Crippen molar-refractivity contribution in [3.63, 3.8) is 0 Å². The van der Waals surface area contributed by atoms with Gasteiger partial charge in [0, 0.05) is 25.3 Å². The van der Waals surface area contributed by atoms with E-state index in [0.717, 1.165) is 5.56 Å². The summed E-state index contributed by atoms with van der Waals surface area (Å²) in [6.45, 7) is 0.423. The van der Waals surface area contributed by atoms with Gasteiger partial charge in [-0.1, -0.05) is 72.4 Å². The van der Waals surface area contributed by atoms with Crippen molar-refractivity contribution in [2.45, 2.75) is 18.0 Å². The van der Waals surface area contributed by atoms with Gasteiger partial charge < -0.3 is 9.47 Å². The van der Waals surface area contributed by atoms with Crippen LogP contribution in [0.15, 0.2) is 65.8 Å². The van der Waals surface area contributed by atoms with E-state index in [0.29, 0.717) is 23.1 Å². The number of thioether (sulfide) groups is 1. The molecule has 7 heteroatoms. The van der Waals surface area contributed by atoms with Crippen LogP contribution >= 0.6 is 11.8 Å². The molecule has 0 saturated carbocycles. The van der Waals surface area contributed by atoms with Gasteiger partial charge in [0.25, 0.3) is 0 Å². The average Bonchev–Trinajstić information content (AvgIpc) is 3.13. The van der Waals surface area contributed by atoms with Crippen molar-refractivity contribution in [3.8, 4) is 11.4 Å². The summed E-state index contributed by atoms with van der Waals surface area (Å²) >= 11 is 1.36. The average molecular weight is 383 g/mol. The normalized spacial score (nSPS) is 11.1. The molecule has 1 heterocycles. The van der Waals surface area contributed by atoms with E-state index in [9.17, 15) is 4.79 Å². The third-order valence-electron chi connectivity index (χ3n) is 4.03. The summed E-state index contributed by atoms with van der Waals surface area (Å²) in [5.74, 6) is 1.04. The highest BCUT2D eigenvalue weighted by Gasteiger charge is 2.19. The molecule has 1 aromatic heterocycles. The zero-order chi connectivity index (χ0) is 19.1. The Hall–Kier alpha value is -2.48. The minimum absolute atomic E-state index is 0.0476. The molecule has 3 rings (SSSR count). The molecule has 0 radical (unpaired) electrons. The van der Waals surface area contributed by atoms with Crippen molar-refractivity contribution in [1.82, 2.24) is 14.8 Å². The largest absolute Gasteiger partial charge is 0.354 e. The first-order valence-corrected chi connectivity index (χ1v) is 9.46. The van der Waals surface area contributed by atoms with Gasteiger partial charge in [0.05, 0.1) is 12.3 Å². The lowest BCUT2D eigenvalue weighted by Crippen LogP contribution is -2.21. The predicted octanol–water partition coefficient (Wildman–Crippen LogP) is 3.54. The molecule has 0 amide bonds. The molecule has 0 N–H and O–H groups in total. The van der Waals surface area contributed by atoms with E-state index in [1.165, 1.54) is 11.8 Å². The summed E-state index contributed by atoms with van der Waals surface area (Å²) < 4.78 is 12.6. The number of ether oxygens (including phenoxy) is 2. The summed E-state index contributed by atoms with van der Waals surface area (Å²) in [6.07, 6.45) is -0.437. The maximum atomic E-state index is 12.4. The second kappa shape index (κ2) is 9.45. The smallest absolute Gasteiger partial charge is 0.192 e. The number of ketones is 1. The third kappa shape index (κ3) is 4.82. The molecular formula is C20H21N3O3S. The van der Waals surface area contributed by atoms with Gasteiger partial charge in [0.2, 0.25) is 0 Å². The van der Waals surface area contributed by atoms with Crippen molar-refractivity contribution >= 4 is 17.5 Å². The molecule has 0 aliphatic heterocycles. The summed E-state index contributed by atoms with van der Waals surface area (Å²) in [4.78, 5) is 12.4.